The lowest BCUT2D eigenvalue weighted by Gasteiger charge is -2.01. The fourth-order valence-corrected chi connectivity index (χ4v) is 1.41. The van der Waals surface area contributed by atoms with Crippen LogP contribution in [0.5, 0.6) is 0 Å². The van der Waals surface area contributed by atoms with E-state index in [0.29, 0.717) is 13.2 Å². The molecule has 0 amide bonds. The second kappa shape index (κ2) is 3.23. The van der Waals surface area contributed by atoms with Crippen molar-refractivity contribution in [1.29, 1.82) is 0 Å². The van der Waals surface area contributed by atoms with Gasteiger partial charge in [-0.15, -0.1) is 0 Å². The van der Waals surface area contributed by atoms with Crippen LogP contribution in [-0.4, -0.2) is 0 Å². The molecule has 1 aliphatic heterocycles. The first kappa shape index (κ1) is 7.73. The van der Waals surface area contributed by atoms with Gasteiger partial charge in [-0.05, 0) is 16.7 Å². The molecule has 1 aliphatic rings. The van der Waals surface area contributed by atoms with E-state index in [1.165, 1.54) is 11.1 Å². The Morgan fingerprint density at radius 2 is 2.17 bits per heavy atom. The zero-order chi connectivity index (χ0) is 8.39. The van der Waals surface area contributed by atoms with Gasteiger partial charge in [-0.25, -0.2) is 5.90 Å². The van der Waals surface area contributed by atoms with E-state index in [1.54, 1.807) is 0 Å². The van der Waals surface area contributed by atoms with Crippen molar-refractivity contribution in [1.82, 2.24) is 0 Å². The third kappa shape index (κ3) is 1.34. The van der Waals surface area contributed by atoms with Crippen molar-refractivity contribution in [2.45, 2.75) is 19.8 Å². The Labute approximate surface area is 71.0 Å². The summed E-state index contributed by atoms with van der Waals surface area (Å²) in [5.41, 5.74) is 3.63. The van der Waals surface area contributed by atoms with Crippen LogP contribution in [0.1, 0.15) is 16.7 Å². The molecule has 0 fully saturated rings. The summed E-state index contributed by atoms with van der Waals surface area (Å²) in [7, 11) is 0. The molecule has 0 aromatic heterocycles. The summed E-state index contributed by atoms with van der Waals surface area (Å²) in [6.07, 6.45) is 0. The minimum atomic E-state index is 0.466. The van der Waals surface area contributed by atoms with Gasteiger partial charge in [-0.3, -0.25) is 4.84 Å². The number of nitrogens with two attached hydrogens (primary N) is 1. The number of benzene rings is 1. The van der Waals surface area contributed by atoms with Crippen LogP contribution >= 0.6 is 0 Å². The maximum atomic E-state index is 5.28. The van der Waals surface area contributed by atoms with Gasteiger partial charge in [0.05, 0.1) is 19.8 Å². The van der Waals surface area contributed by atoms with Gasteiger partial charge in [0.15, 0.2) is 0 Å². The van der Waals surface area contributed by atoms with Crippen molar-refractivity contribution in [2.24, 2.45) is 5.90 Å². The molecule has 12 heavy (non-hydrogen) atoms. The van der Waals surface area contributed by atoms with Crippen LogP contribution in [0.25, 0.3) is 0 Å². The van der Waals surface area contributed by atoms with Gasteiger partial charge in [-0.1, -0.05) is 18.2 Å². The second-order valence-corrected chi connectivity index (χ2v) is 2.91. The van der Waals surface area contributed by atoms with Gasteiger partial charge in [0.25, 0.3) is 0 Å². The van der Waals surface area contributed by atoms with Gasteiger partial charge in [0, 0.05) is 0 Å². The zero-order valence-corrected chi connectivity index (χ0v) is 6.75. The third-order valence-corrected chi connectivity index (χ3v) is 2.04. The lowest BCUT2D eigenvalue weighted by Crippen LogP contribution is -1.99. The second-order valence-electron chi connectivity index (χ2n) is 2.91. The molecule has 0 atom stereocenters. The molecule has 2 rings (SSSR count). The fourth-order valence-electron chi connectivity index (χ4n) is 1.41. The molecule has 2 N–H and O–H groups in total. The van der Waals surface area contributed by atoms with Gasteiger partial charge in [-0.2, -0.15) is 0 Å². The first-order chi connectivity index (χ1) is 5.90. The summed E-state index contributed by atoms with van der Waals surface area (Å²) < 4.78 is 5.28. The Morgan fingerprint density at radius 3 is 3.00 bits per heavy atom. The average molecular weight is 165 g/mol. The van der Waals surface area contributed by atoms with E-state index >= 15 is 0 Å². The molecule has 3 heteroatoms. The number of fused-ring (bicyclic) bond motifs is 1. The predicted molar refractivity (Wildman–Crippen MR) is 43.9 cm³/mol. The van der Waals surface area contributed by atoms with Crippen molar-refractivity contribution < 1.29 is 9.57 Å². The van der Waals surface area contributed by atoms with E-state index in [-0.39, 0.29) is 0 Å². The summed E-state index contributed by atoms with van der Waals surface area (Å²) >= 11 is 0. The molecule has 3 nitrogen and oxygen atoms in total. The molecule has 0 aliphatic carbocycles. The minimum absolute atomic E-state index is 0.466. The van der Waals surface area contributed by atoms with Gasteiger partial charge >= 0.3 is 0 Å². The molecule has 0 radical (unpaired) electrons. The minimum Gasteiger partial charge on any atom is -0.372 e. The van der Waals surface area contributed by atoms with Crippen LogP contribution in [0.15, 0.2) is 18.2 Å². The molecule has 0 spiro atoms. The third-order valence-electron chi connectivity index (χ3n) is 2.04. The van der Waals surface area contributed by atoms with E-state index in [1.807, 2.05) is 6.07 Å². The van der Waals surface area contributed by atoms with Crippen LogP contribution < -0.4 is 5.90 Å². The highest BCUT2D eigenvalue weighted by molar-refractivity contribution is 5.32. The van der Waals surface area contributed by atoms with Crippen LogP contribution in [0.4, 0.5) is 0 Å². The molecule has 0 unspecified atom stereocenters. The molecule has 1 aromatic carbocycles. The Kier molecular flexibility index (Phi) is 2.08. The van der Waals surface area contributed by atoms with Gasteiger partial charge in [0.1, 0.15) is 0 Å². The van der Waals surface area contributed by atoms with Crippen molar-refractivity contribution in [3.63, 3.8) is 0 Å². The lowest BCUT2D eigenvalue weighted by molar-refractivity contribution is 0.123. The number of rotatable bonds is 2. The summed E-state index contributed by atoms with van der Waals surface area (Å²) in [5, 5.41) is 0. The monoisotopic (exact) mass is 165 g/mol. The fraction of sp³-hybridized carbons (Fsp3) is 0.333. The van der Waals surface area contributed by atoms with Gasteiger partial charge < -0.3 is 4.74 Å². The molecule has 0 saturated carbocycles. The molecule has 0 saturated heterocycles. The topological polar surface area (TPSA) is 44.5 Å². The zero-order valence-electron chi connectivity index (χ0n) is 6.75. The highest BCUT2D eigenvalue weighted by atomic mass is 16.6. The largest absolute Gasteiger partial charge is 0.372 e. The summed E-state index contributed by atoms with van der Waals surface area (Å²) in [6, 6.07) is 6.16. The maximum absolute atomic E-state index is 5.28. The summed E-state index contributed by atoms with van der Waals surface area (Å²) in [5.74, 6) is 4.97. The molecule has 64 valence electrons. The van der Waals surface area contributed by atoms with Crippen LogP contribution in [0, 0.1) is 0 Å². The van der Waals surface area contributed by atoms with E-state index in [4.69, 9.17) is 10.6 Å². The Morgan fingerprint density at radius 1 is 1.33 bits per heavy atom. The predicted octanol–water partition coefficient (Wildman–Crippen LogP) is 1.11. The number of hydrogen-bond donors (Lipinski definition) is 1. The van der Waals surface area contributed by atoms with Crippen LogP contribution in [0.2, 0.25) is 0 Å². The highest BCUT2D eigenvalue weighted by Gasteiger charge is 2.10. The molecular weight excluding hydrogens is 154 g/mol. The Hall–Kier alpha value is -0.900. The van der Waals surface area contributed by atoms with Crippen molar-refractivity contribution >= 4 is 0 Å². The standard InChI is InChI=1S/C9H11NO2/c10-12-4-7-1-2-8-5-11-6-9(8)3-7/h1-3H,4-6,10H2. The summed E-state index contributed by atoms with van der Waals surface area (Å²) in [4.78, 5) is 4.55. The SMILES string of the molecule is NOCc1ccc2c(c1)COC2. The van der Waals surface area contributed by atoms with Crippen molar-refractivity contribution in [3.05, 3.63) is 34.9 Å². The van der Waals surface area contributed by atoms with E-state index in [9.17, 15) is 0 Å². The smallest absolute Gasteiger partial charge is 0.0930 e. The highest BCUT2D eigenvalue weighted by Crippen LogP contribution is 2.20. The summed E-state index contributed by atoms with van der Waals surface area (Å²) in [6.45, 7) is 1.92. The van der Waals surface area contributed by atoms with E-state index in [2.05, 4.69) is 17.0 Å². The van der Waals surface area contributed by atoms with Crippen molar-refractivity contribution in [3.8, 4) is 0 Å². The maximum Gasteiger partial charge on any atom is 0.0930 e. The van der Waals surface area contributed by atoms with E-state index in [0.717, 1.165) is 12.2 Å². The Balaban J connectivity index is 2.26. The first-order valence-corrected chi connectivity index (χ1v) is 3.90. The quantitative estimate of drug-likeness (QED) is 0.667. The van der Waals surface area contributed by atoms with Gasteiger partial charge in [0.2, 0.25) is 0 Å². The Bertz CT molecular complexity index is 286. The van der Waals surface area contributed by atoms with Crippen LogP contribution in [0.3, 0.4) is 0 Å². The first-order valence-electron chi connectivity index (χ1n) is 3.90. The van der Waals surface area contributed by atoms with Crippen LogP contribution in [-0.2, 0) is 29.4 Å². The average Bonchev–Trinajstić information content (AvgIpc) is 2.51. The van der Waals surface area contributed by atoms with E-state index < -0.39 is 0 Å². The lowest BCUT2D eigenvalue weighted by atomic mass is 10.1. The molecule has 1 heterocycles. The molecular formula is C9H11NO2. The number of hydrogen-bond acceptors (Lipinski definition) is 3. The van der Waals surface area contributed by atoms with Crippen molar-refractivity contribution in [2.75, 3.05) is 0 Å². The molecule has 1 aromatic rings. The molecule has 0 bridgehead atoms. The number of ether oxygens (including phenoxy) is 1. The normalized spacial score (nSPS) is 14.8.